The zero-order valence-corrected chi connectivity index (χ0v) is 12.5. The van der Waals surface area contributed by atoms with Crippen molar-refractivity contribution in [3.8, 4) is 5.75 Å². The minimum atomic E-state index is -0.282. The van der Waals surface area contributed by atoms with Gasteiger partial charge in [0.05, 0.1) is 6.26 Å². The van der Waals surface area contributed by atoms with E-state index in [1.165, 1.54) is 12.6 Å². The average molecular weight is 297 g/mol. The molecule has 1 amide bonds. The van der Waals surface area contributed by atoms with E-state index in [0.717, 1.165) is 23.3 Å². The number of nitrogens with zero attached hydrogens (tertiary/aromatic N) is 1. The van der Waals surface area contributed by atoms with Crippen LogP contribution in [0, 0.1) is 5.92 Å². The third-order valence-corrected chi connectivity index (χ3v) is 4.05. The van der Waals surface area contributed by atoms with Crippen LogP contribution in [0.15, 0.2) is 54.3 Å². The van der Waals surface area contributed by atoms with Crippen molar-refractivity contribution >= 4 is 5.91 Å². The largest absolute Gasteiger partial charge is 0.464 e. The lowest BCUT2D eigenvalue weighted by Gasteiger charge is -2.14. The number of ether oxygens (including phenoxy) is 1. The number of carbonyl (C=O) groups excluding carboxylic acids is 1. The SMILES string of the molecule is CN(O)C(=O)CCc1ccc2c(c1)CC1C=CC=CC1=CO2. The van der Waals surface area contributed by atoms with E-state index in [2.05, 4.69) is 24.3 Å². The summed E-state index contributed by atoms with van der Waals surface area (Å²) in [5.41, 5.74) is 3.41. The molecule has 0 fully saturated rings. The summed E-state index contributed by atoms with van der Waals surface area (Å²) in [6, 6.07) is 6.03. The Morgan fingerprint density at radius 3 is 3.09 bits per heavy atom. The molecule has 0 radical (unpaired) electrons. The zero-order chi connectivity index (χ0) is 15.5. The number of rotatable bonds is 3. The predicted molar refractivity (Wildman–Crippen MR) is 83.5 cm³/mol. The van der Waals surface area contributed by atoms with Crippen LogP contribution in [0.5, 0.6) is 5.75 Å². The van der Waals surface area contributed by atoms with Gasteiger partial charge in [0.2, 0.25) is 5.91 Å². The molecule has 0 spiro atoms. The number of hydrogen-bond donors (Lipinski definition) is 1. The van der Waals surface area contributed by atoms with Gasteiger partial charge in [-0.1, -0.05) is 36.4 Å². The van der Waals surface area contributed by atoms with Crippen LogP contribution in [-0.2, 0) is 17.6 Å². The number of carbonyl (C=O) groups is 1. The molecular formula is C18H19NO3. The Hall–Kier alpha value is -2.33. The average Bonchev–Trinajstić information content (AvgIpc) is 2.70. The first kappa shape index (κ1) is 14.6. The van der Waals surface area contributed by atoms with Gasteiger partial charge in [0, 0.05) is 19.4 Å². The molecule has 22 heavy (non-hydrogen) atoms. The molecule has 1 N–H and O–H groups in total. The number of amides is 1. The summed E-state index contributed by atoms with van der Waals surface area (Å²) in [6.07, 6.45) is 12.0. The van der Waals surface area contributed by atoms with Crippen molar-refractivity contribution in [1.82, 2.24) is 5.06 Å². The molecule has 114 valence electrons. The molecule has 1 aliphatic carbocycles. The van der Waals surface area contributed by atoms with E-state index >= 15 is 0 Å². The van der Waals surface area contributed by atoms with Crippen LogP contribution >= 0.6 is 0 Å². The highest BCUT2D eigenvalue weighted by molar-refractivity contribution is 5.74. The highest BCUT2D eigenvalue weighted by Gasteiger charge is 2.19. The van der Waals surface area contributed by atoms with Gasteiger partial charge < -0.3 is 4.74 Å². The molecule has 1 aliphatic heterocycles. The van der Waals surface area contributed by atoms with Gasteiger partial charge in [-0.15, -0.1) is 0 Å². The summed E-state index contributed by atoms with van der Waals surface area (Å²) in [4.78, 5) is 11.5. The van der Waals surface area contributed by atoms with E-state index in [1.807, 2.05) is 24.5 Å². The zero-order valence-electron chi connectivity index (χ0n) is 12.5. The van der Waals surface area contributed by atoms with Crippen molar-refractivity contribution < 1.29 is 14.7 Å². The molecule has 0 saturated heterocycles. The number of hydrogen-bond acceptors (Lipinski definition) is 3. The molecule has 2 aliphatic rings. The normalized spacial score (nSPS) is 18.6. The quantitative estimate of drug-likeness (QED) is 0.689. The molecule has 1 atom stereocenters. The first-order valence-corrected chi connectivity index (χ1v) is 7.42. The van der Waals surface area contributed by atoms with Crippen LogP contribution in [0.3, 0.4) is 0 Å². The lowest BCUT2D eigenvalue weighted by atomic mass is 9.89. The van der Waals surface area contributed by atoms with Gasteiger partial charge in [0.1, 0.15) is 5.75 Å². The summed E-state index contributed by atoms with van der Waals surface area (Å²) in [5.74, 6) is 0.931. The van der Waals surface area contributed by atoms with E-state index in [0.29, 0.717) is 23.8 Å². The monoisotopic (exact) mass is 297 g/mol. The van der Waals surface area contributed by atoms with Crippen molar-refractivity contribution in [2.75, 3.05) is 7.05 Å². The lowest BCUT2D eigenvalue weighted by Crippen LogP contribution is -2.22. The standard InChI is InChI=1S/C18H19NO3/c1-19(21)18(20)9-7-13-6-8-17-16(10-13)11-14-4-2-3-5-15(14)12-22-17/h2-6,8,10,12,14,21H,7,9,11H2,1H3. The number of hydroxylamine groups is 2. The first-order chi connectivity index (χ1) is 10.6. The van der Waals surface area contributed by atoms with Gasteiger partial charge in [-0.25, -0.2) is 5.06 Å². The number of benzene rings is 1. The van der Waals surface area contributed by atoms with Crippen LogP contribution < -0.4 is 4.74 Å². The van der Waals surface area contributed by atoms with Crippen LogP contribution in [0.2, 0.25) is 0 Å². The van der Waals surface area contributed by atoms with E-state index in [9.17, 15) is 4.79 Å². The van der Waals surface area contributed by atoms with Gasteiger partial charge in [0.25, 0.3) is 0 Å². The molecule has 1 aromatic rings. The second-order valence-corrected chi connectivity index (χ2v) is 5.65. The van der Waals surface area contributed by atoms with Crippen LogP contribution in [0.25, 0.3) is 0 Å². The van der Waals surface area contributed by atoms with Crippen LogP contribution in [-0.4, -0.2) is 23.2 Å². The smallest absolute Gasteiger partial charge is 0.245 e. The summed E-state index contributed by atoms with van der Waals surface area (Å²) >= 11 is 0. The van der Waals surface area contributed by atoms with Crippen molar-refractivity contribution in [2.45, 2.75) is 19.3 Å². The van der Waals surface area contributed by atoms with Gasteiger partial charge in [-0.2, -0.15) is 0 Å². The maximum atomic E-state index is 11.5. The molecule has 0 bridgehead atoms. The van der Waals surface area contributed by atoms with Gasteiger partial charge in [-0.3, -0.25) is 10.0 Å². The van der Waals surface area contributed by atoms with Crippen molar-refractivity contribution in [1.29, 1.82) is 0 Å². The Morgan fingerprint density at radius 1 is 1.41 bits per heavy atom. The summed E-state index contributed by atoms with van der Waals surface area (Å²) in [7, 11) is 1.35. The molecule has 4 nitrogen and oxygen atoms in total. The predicted octanol–water partition coefficient (Wildman–Crippen LogP) is 3.03. The summed E-state index contributed by atoms with van der Waals surface area (Å²) in [6.45, 7) is 0. The van der Waals surface area contributed by atoms with Gasteiger partial charge in [-0.05, 0) is 35.6 Å². The molecule has 0 aromatic heterocycles. The number of aryl methyl sites for hydroxylation is 1. The van der Waals surface area contributed by atoms with Gasteiger partial charge in [0.15, 0.2) is 0 Å². The molecule has 1 aromatic carbocycles. The van der Waals surface area contributed by atoms with Crippen LogP contribution in [0.4, 0.5) is 0 Å². The Morgan fingerprint density at radius 2 is 2.27 bits per heavy atom. The lowest BCUT2D eigenvalue weighted by molar-refractivity contribution is -0.159. The maximum absolute atomic E-state index is 11.5. The number of fused-ring (bicyclic) bond motifs is 2. The molecule has 1 unspecified atom stereocenters. The fourth-order valence-electron chi connectivity index (χ4n) is 2.76. The van der Waals surface area contributed by atoms with E-state index in [1.54, 1.807) is 0 Å². The summed E-state index contributed by atoms with van der Waals surface area (Å²) in [5, 5.41) is 9.74. The van der Waals surface area contributed by atoms with Gasteiger partial charge >= 0.3 is 0 Å². The van der Waals surface area contributed by atoms with E-state index in [-0.39, 0.29) is 5.91 Å². The van der Waals surface area contributed by atoms with Crippen molar-refractivity contribution in [2.24, 2.45) is 5.92 Å². The second-order valence-electron chi connectivity index (χ2n) is 5.65. The highest BCUT2D eigenvalue weighted by atomic mass is 16.5. The van der Waals surface area contributed by atoms with Crippen molar-refractivity contribution in [3.63, 3.8) is 0 Å². The second kappa shape index (κ2) is 6.20. The van der Waals surface area contributed by atoms with E-state index < -0.39 is 0 Å². The van der Waals surface area contributed by atoms with E-state index in [4.69, 9.17) is 9.94 Å². The Balaban J connectivity index is 1.75. The van der Waals surface area contributed by atoms with Crippen LogP contribution in [0.1, 0.15) is 17.5 Å². The third-order valence-electron chi connectivity index (χ3n) is 4.05. The Labute approximate surface area is 130 Å². The fourth-order valence-corrected chi connectivity index (χ4v) is 2.76. The maximum Gasteiger partial charge on any atom is 0.245 e. The Bertz CT molecular complexity index is 671. The number of allylic oxidation sites excluding steroid dienone is 5. The highest BCUT2D eigenvalue weighted by Crippen LogP contribution is 2.32. The Kier molecular flexibility index (Phi) is 4.11. The summed E-state index contributed by atoms with van der Waals surface area (Å²) < 4.78 is 5.77. The first-order valence-electron chi connectivity index (χ1n) is 7.42. The van der Waals surface area contributed by atoms with Crippen molar-refractivity contribution in [3.05, 3.63) is 65.5 Å². The fraction of sp³-hybridized carbons (Fsp3) is 0.278. The molecular weight excluding hydrogens is 278 g/mol. The minimum absolute atomic E-state index is 0.282. The molecule has 3 rings (SSSR count). The molecule has 4 heteroatoms. The molecule has 1 heterocycles. The topological polar surface area (TPSA) is 49.8 Å². The minimum Gasteiger partial charge on any atom is -0.464 e. The molecule has 0 saturated carbocycles. The third kappa shape index (κ3) is 3.12.